The van der Waals surface area contributed by atoms with Crippen LogP contribution in [0, 0.1) is 11.3 Å². The Morgan fingerprint density at radius 1 is 1.44 bits per heavy atom. The Morgan fingerprint density at radius 2 is 2.17 bits per heavy atom. The predicted octanol–water partition coefficient (Wildman–Crippen LogP) is 1.07. The van der Waals surface area contributed by atoms with E-state index in [1.165, 1.54) is 30.3 Å². The number of nitrogens with two attached hydrogens (primary N) is 2. The molecule has 7 N–H and O–H groups in total. The maximum atomic E-state index is 12.6. The number of carbonyl (C=O) groups excluding carboxylic acids is 2. The number of allylic oxidation sites excluding steroid dienone is 2. The van der Waals surface area contributed by atoms with Crippen LogP contribution in [0.1, 0.15) is 31.7 Å². The van der Waals surface area contributed by atoms with Crippen LogP contribution in [0.3, 0.4) is 0 Å². The van der Waals surface area contributed by atoms with Crippen LogP contribution < -0.4 is 21.6 Å². The zero-order valence-electron chi connectivity index (χ0n) is 20.3. The largest absolute Gasteiger partial charge is 0.492 e. The molecule has 1 atom stereocenters. The fourth-order valence-electron chi connectivity index (χ4n) is 3.03. The second-order valence-corrected chi connectivity index (χ2v) is 8.12. The average molecular weight is 519 g/mol. The summed E-state index contributed by atoms with van der Waals surface area (Å²) in [6.07, 6.45) is 7.67. The number of ether oxygens (including phenoxy) is 1. The Labute approximate surface area is 210 Å². The maximum Gasteiger partial charge on any atom is 0.250 e. The molecule has 0 saturated heterocycles. The number of nitrogens with one attached hydrogen (secondary N) is 2. The molecular formula is C22H31N8O5P. The highest BCUT2D eigenvalue weighted by atomic mass is 31.1. The van der Waals surface area contributed by atoms with E-state index in [0.717, 1.165) is 19.1 Å². The zero-order chi connectivity index (χ0) is 26.7. The molecular weight excluding hydrogens is 487 g/mol. The first kappa shape index (κ1) is 28.6. The quantitative estimate of drug-likeness (QED) is 0.0601. The number of methoxy groups -OCH3 is 1. The van der Waals surface area contributed by atoms with Crippen molar-refractivity contribution in [2.45, 2.75) is 26.2 Å². The van der Waals surface area contributed by atoms with Crippen LogP contribution in [-0.4, -0.2) is 65.1 Å². The summed E-state index contributed by atoms with van der Waals surface area (Å²) in [5.41, 5.74) is 6.13. The number of aromatic nitrogens is 1. The maximum absolute atomic E-state index is 12.6. The van der Waals surface area contributed by atoms with E-state index in [9.17, 15) is 9.59 Å². The van der Waals surface area contributed by atoms with Gasteiger partial charge in [0.1, 0.15) is 12.6 Å². The molecule has 1 saturated carbocycles. The Hall–Kier alpha value is -3.67. The van der Waals surface area contributed by atoms with Gasteiger partial charge in [-0.1, -0.05) is 13.0 Å². The first-order chi connectivity index (χ1) is 17.3. The van der Waals surface area contributed by atoms with Gasteiger partial charge in [-0.05, 0) is 25.3 Å². The van der Waals surface area contributed by atoms with Crippen molar-refractivity contribution in [1.82, 2.24) is 15.2 Å². The predicted molar refractivity (Wildman–Crippen MR) is 138 cm³/mol. The minimum atomic E-state index is -0.758. The van der Waals surface area contributed by atoms with E-state index in [-0.39, 0.29) is 52.9 Å². The van der Waals surface area contributed by atoms with E-state index in [0.29, 0.717) is 12.0 Å². The van der Waals surface area contributed by atoms with Crippen LogP contribution in [0.4, 0.5) is 5.82 Å². The SMILES string of the molecule is CC/C=C(\C(N)=O)C(/C=C(/NC(=O)C1CC1)N(C)COPO)=Nc1nccc(C(=N)/C=N\N)c1OC. The Kier molecular flexibility index (Phi) is 11.1. The lowest BCUT2D eigenvalue weighted by atomic mass is 10.1. The fourth-order valence-corrected chi connectivity index (χ4v) is 3.29. The molecule has 1 aromatic rings. The van der Waals surface area contributed by atoms with E-state index in [2.05, 4.69) is 20.4 Å². The van der Waals surface area contributed by atoms with Crippen molar-refractivity contribution in [2.75, 3.05) is 20.9 Å². The number of nitrogens with zero attached hydrogens (tertiary/aromatic N) is 4. The lowest BCUT2D eigenvalue weighted by molar-refractivity contribution is -0.122. The van der Waals surface area contributed by atoms with Crippen molar-refractivity contribution in [2.24, 2.45) is 27.6 Å². The monoisotopic (exact) mass is 518 g/mol. The molecule has 14 heteroatoms. The van der Waals surface area contributed by atoms with Crippen LogP contribution in [-0.2, 0) is 14.1 Å². The molecule has 1 heterocycles. The molecule has 1 aliphatic rings. The molecule has 0 radical (unpaired) electrons. The van der Waals surface area contributed by atoms with Crippen molar-refractivity contribution >= 4 is 44.3 Å². The first-order valence-corrected chi connectivity index (χ1v) is 11.8. The molecule has 1 unspecified atom stereocenters. The summed E-state index contributed by atoms with van der Waals surface area (Å²) in [7, 11) is 2.27. The highest BCUT2D eigenvalue weighted by Gasteiger charge is 2.30. The summed E-state index contributed by atoms with van der Waals surface area (Å²) in [6.45, 7) is 1.78. The normalized spacial score (nSPS) is 14.9. The van der Waals surface area contributed by atoms with Crippen LogP contribution in [0.2, 0.25) is 0 Å². The van der Waals surface area contributed by atoms with Gasteiger partial charge in [-0.2, -0.15) is 5.10 Å². The van der Waals surface area contributed by atoms with E-state index < -0.39 is 14.9 Å². The first-order valence-electron chi connectivity index (χ1n) is 11.0. The number of pyridine rings is 1. The third-order valence-electron chi connectivity index (χ3n) is 4.97. The number of aliphatic imine (C=N–C) groups is 1. The molecule has 0 spiro atoms. The summed E-state index contributed by atoms with van der Waals surface area (Å²) in [5, 5.41) is 14.4. The number of hydrogen-bond acceptors (Lipinski definition) is 11. The summed E-state index contributed by atoms with van der Waals surface area (Å²) in [4.78, 5) is 44.3. The molecule has 0 aromatic carbocycles. The summed E-state index contributed by atoms with van der Waals surface area (Å²) in [5.74, 6) is 4.63. The average Bonchev–Trinajstić information content (AvgIpc) is 3.70. The number of amides is 2. The Morgan fingerprint density at radius 3 is 2.72 bits per heavy atom. The van der Waals surface area contributed by atoms with Crippen molar-refractivity contribution in [3.8, 4) is 5.75 Å². The second kappa shape index (κ2) is 14.0. The molecule has 1 fully saturated rings. The van der Waals surface area contributed by atoms with E-state index in [4.69, 9.17) is 31.1 Å². The third kappa shape index (κ3) is 7.94. The Balaban J connectivity index is 2.71. The van der Waals surface area contributed by atoms with Gasteiger partial charge in [0.25, 0.3) is 5.91 Å². The molecule has 36 heavy (non-hydrogen) atoms. The van der Waals surface area contributed by atoms with E-state index >= 15 is 0 Å². The fraction of sp³-hybridized carbons (Fsp3) is 0.364. The van der Waals surface area contributed by atoms with Gasteiger partial charge in [-0.15, -0.1) is 0 Å². The lowest BCUT2D eigenvalue weighted by Crippen LogP contribution is -2.35. The number of carbonyl (C=O) groups is 2. The summed E-state index contributed by atoms with van der Waals surface area (Å²) >= 11 is 0. The third-order valence-corrected chi connectivity index (χ3v) is 5.22. The summed E-state index contributed by atoms with van der Waals surface area (Å²) < 4.78 is 10.5. The van der Waals surface area contributed by atoms with Gasteiger partial charge < -0.3 is 35.9 Å². The van der Waals surface area contributed by atoms with Gasteiger partial charge in [-0.3, -0.25) is 15.0 Å². The standard InChI is InChI=1S/C22H31N8O5P/c1-4-5-15(20(24)31)17(10-18(30(2)12-35-36-33)29-22(32)13-6-7-13)28-21-19(34-3)14(8-9-26-21)16(23)11-27-25/h5,8-11,13,23,33,36H,4,6-7,12,25H2,1-3H3,(H2,24,31)(H,29,32)/b15-5-,18-10-,23-16?,27-11-,28-17?. The van der Waals surface area contributed by atoms with Gasteiger partial charge >= 0.3 is 0 Å². The van der Waals surface area contributed by atoms with Crippen LogP contribution in [0.15, 0.2) is 45.9 Å². The van der Waals surface area contributed by atoms with Crippen molar-refractivity contribution in [3.05, 3.63) is 41.4 Å². The van der Waals surface area contributed by atoms with Gasteiger partial charge in [0.2, 0.25) is 5.91 Å². The number of hydrogen-bond donors (Lipinski definition) is 5. The highest BCUT2D eigenvalue weighted by Crippen LogP contribution is 2.31. The minimum absolute atomic E-state index is 0.0383. The lowest BCUT2D eigenvalue weighted by Gasteiger charge is -2.23. The molecule has 0 aliphatic heterocycles. The number of rotatable bonds is 14. The van der Waals surface area contributed by atoms with Gasteiger partial charge in [0.15, 0.2) is 20.6 Å². The van der Waals surface area contributed by atoms with Crippen LogP contribution in [0.5, 0.6) is 5.75 Å². The summed E-state index contributed by atoms with van der Waals surface area (Å²) in [6, 6.07) is 1.54. The second-order valence-electron chi connectivity index (χ2n) is 7.65. The number of primary amides is 1. The van der Waals surface area contributed by atoms with Gasteiger partial charge in [0, 0.05) is 30.8 Å². The molecule has 13 nitrogen and oxygen atoms in total. The topological polar surface area (TPSA) is 202 Å². The zero-order valence-corrected chi connectivity index (χ0v) is 21.3. The molecule has 0 bridgehead atoms. The van der Waals surface area contributed by atoms with Crippen molar-refractivity contribution in [1.29, 1.82) is 5.41 Å². The van der Waals surface area contributed by atoms with Gasteiger partial charge in [0.05, 0.1) is 30.3 Å². The molecule has 1 aliphatic carbocycles. The van der Waals surface area contributed by atoms with Gasteiger partial charge in [-0.25, -0.2) is 9.98 Å². The smallest absolute Gasteiger partial charge is 0.250 e. The number of hydrazone groups is 1. The van der Waals surface area contributed by atoms with Crippen molar-refractivity contribution < 1.29 is 23.7 Å². The minimum Gasteiger partial charge on any atom is -0.492 e. The molecule has 1 aromatic heterocycles. The highest BCUT2D eigenvalue weighted by molar-refractivity contribution is 7.24. The van der Waals surface area contributed by atoms with E-state index in [1.54, 1.807) is 13.1 Å². The van der Waals surface area contributed by atoms with Crippen molar-refractivity contribution in [3.63, 3.8) is 0 Å². The molecule has 194 valence electrons. The Bertz CT molecular complexity index is 1100. The van der Waals surface area contributed by atoms with Crippen LogP contribution >= 0.6 is 9.03 Å². The van der Waals surface area contributed by atoms with E-state index in [1.807, 2.05) is 6.92 Å². The molecule has 2 amide bonds. The molecule has 2 rings (SSSR count). The van der Waals surface area contributed by atoms with Crippen LogP contribution in [0.25, 0.3) is 0 Å².